The Hall–Kier alpha value is -0.0400. The molecule has 0 N–H and O–H groups in total. The molecule has 1 fully saturated rings. The van der Waals surface area contributed by atoms with Crippen molar-refractivity contribution in [1.82, 2.24) is 4.90 Å². The lowest BCUT2D eigenvalue weighted by molar-refractivity contribution is 0.0298. The van der Waals surface area contributed by atoms with Gasteiger partial charge in [-0.15, -0.1) is 0 Å². The van der Waals surface area contributed by atoms with Gasteiger partial charge in [-0.05, 0) is 18.9 Å². The maximum atomic E-state index is 2.41. The third kappa shape index (κ3) is 3.57. The summed E-state index contributed by atoms with van der Waals surface area (Å²) < 4.78 is 0. The molecule has 1 aliphatic rings. The smallest absolute Gasteiger partial charge is 0.00448 e. The molecule has 74 valence electrons. The van der Waals surface area contributed by atoms with Gasteiger partial charge in [0, 0.05) is 13.1 Å². The third-order valence-electron chi connectivity index (χ3n) is 2.44. The molecule has 0 aromatic carbocycles. The van der Waals surface area contributed by atoms with Crippen molar-refractivity contribution in [3.63, 3.8) is 0 Å². The summed E-state index contributed by atoms with van der Waals surface area (Å²) in [6.45, 7) is 11.3. The van der Waals surface area contributed by atoms with E-state index in [1.54, 1.807) is 0 Å². The molecule has 1 aliphatic heterocycles. The van der Waals surface area contributed by atoms with E-state index >= 15 is 0 Å². The zero-order valence-corrected chi connectivity index (χ0v) is 9.48. The predicted molar refractivity (Wildman–Crippen MR) is 56.5 cm³/mol. The minimum absolute atomic E-state index is 0.671. The molecular formula is C11H25N. The first kappa shape index (κ1) is 12.0. The Morgan fingerprint density at radius 3 is 2.08 bits per heavy atom. The van der Waals surface area contributed by atoms with Gasteiger partial charge in [0.15, 0.2) is 0 Å². The summed E-state index contributed by atoms with van der Waals surface area (Å²) >= 11 is 0. The van der Waals surface area contributed by atoms with Gasteiger partial charge in [0.25, 0.3) is 0 Å². The van der Waals surface area contributed by atoms with Crippen LogP contribution in [0.3, 0.4) is 0 Å². The Labute approximate surface area is 78.1 Å². The molecule has 0 saturated carbocycles. The second-order valence-corrected chi connectivity index (χ2v) is 4.09. The standard InChI is InChI=1S/C9H19N.C2H6/c1-4-5-6-9(2)7-10(3)8-9;1-2/h4-8H2,1-3H3;1-2H3. The van der Waals surface area contributed by atoms with Gasteiger partial charge >= 0.3 is 0 Å². The van der Waals surface area contributed by atoms with E-state index in [1.807, 2.05) is 13.8 Å². The molecule has 12 heavy (non-hydrogen) atoms. The maximum Gasteiger partial charge on any atom is 0.00448 e. The van der Waals surface area contributed by atoms with Crippen molar-refractivity contribution in [3.8, 4) is 0 Å². The van der Waals surface area contributed by atoms with E-state index in [1.165, 1.54) is 32.4 Å². The molecule has 1 saturated heterocycles. The minimum Gasteiger partial charge on any atom is -0.305 e. The zero-order valence-electron chi connectivity index (χ0n) is 9.48. The first-order valence-corrected chi connectivity index (χ1v) is 5.35. The monoisotopic (exact) mass is 171 g/mol. The maximum absolute atomic E-state index is 2.41. The van der Waals surface area contributed by atoms with Crippen molar-refractivity contribution in [3.05, 3.63) is 0 Å². The molecule has 1 rings (SSSR count). The number of hydrogen-bond acceptors (Lipinski definition) is 1. The number of likely N-dealkylation sites (tertiary alicyclic amines) is 1. The van der Waals surface area contributed by atoms with Crippen molar-refractivity contribution >= 4 is 0 Å². The molecule has 0 aromatic rings. The fourth-order valence-corrected chi connectivity index (χ4v) is 2.02. The molecule has 1 heteroatoms. The molecular weight excluding hydrogens is 146 g/mol. The van der Waals surface area contributed by atoms with E-state index in [9.17, 15) is 0 Å². The summed E-state index contributed by atoms with van der Waals surface area (Å²) in [5.41, 5.74) is 0.671. The largest absolute Gasteiger partial charge is 0.305 e. The van der Waals surface area contributed by atoms with Crippen LogP contribution in [0.2, 0.25) is 0 Å². The van der Waals surface area contributed by atoms with Gasteiger partial charge in [-0.25, -0.2) is 0 Å². The molecule has 0 aliphatic carbocycles. The van der Waals surface area contributed by atoms with Gasteiger partial charge in [0.2, 0.25) is 0 Å². The summed E-state index contributed by atoms with van der Waals surface area (Å²) in [5.74, 6) is 0. The molecule has 0 atom stereocenters. The average molecular weight is 171 g/mol. The highest BCUT2D eigenvalue weighted by Gasteiger charge is 2.35. The summed E-state index contributed by atoms with van der Waals surface area (Å²) in [6, 6.07) is 0. The van der Waals surface area contributed by atoms with E-state index < -0.39 is 0 Å². The number of nitrogens with zero attached hydrogens (tertiary/aromatic N) is 1. The number of unbranched alkanes of at least 4 members (excludes halogenated alkanes) is 1. The van der Waals surface area contributed by atoms with Crippen LogP contribution >= 0.6 is 0 Å². The Bertz CT molecular complexity index is 104. The van der Waals surface area contributed by atoms with E-state index in [4.69, 9.17) is 0 Å². The van der Waals surface area contributed by atoms with Crippen LogP contribution in [0.5, 0.6) is 0 Å². The van der Waals surface area contributed by atoms with Crippen LogP contribution in [0, 0.1) is 5.41 Å². The van der Waals surface area contributed by atoms with Crippen molar-refractivity contribution < 1.29 is 0 Å². The Kier molecular flexibility index (Phi) is 5.56. The normalized spacial score (nSPS) is 20.8. The highest BCUT2D eigenvalue weighted by atomic mass is 15.2. The second-order valence-electron chi connectivity index (χ2n) is 4.09. The van der Waals surface area contributed by atoms with E-state index in [2.05, 4.69) is 25.8 Å². The highest BCUT2D eigenvalue weighted by molar-refractivity contribution is 4.88. The Morgan fingerprint density at radius 1 is 1.25 bits per heavy atom. The van der Waals surface area contributed by atoms with Crippen LogP contribution in [0.1, 0.15) is 47.0 Å². The van der Waals surface area contributed by atoms with Gasteiger partial charge in [-0.1, -0.05) is 40.5 Å². The van der Waals surface area contributed by atoms with E-state index in [0.717, 1.165) is 0 Å². The SMILES string of the molecule is CC.CCCCC1(C)CN(C)C1. The topological polar surface area (TPSA) is 3.24 Å². The average Bonchev–Trinajstić information content (AvgIpc) is 2.02. The molecule has 0 aromatic heterocycles. The van der Waals surface area contributed by atoms with Gasteiger partial charge in [0.1, 0.15) is 0 Å². The lowest BCUT2D eigenvalue weighted by Crippen LogP contribution is -2.52. The van der Waals surface area contributed by atoms with Crippen molar-refractivity contribution in [1.29, 1.82) is 0 Å². The molecule has 0 radical (unpaired) electrons. The molecule has 1 heterocycles. The van der Waals surface area contributed by atoms with Gasteiger partial charge in [-0.2, -0.15) is 0 Å². The fourth-order valence-electron chi connectivity index (χ4n) is 2.02. The first-order valence-electron chi connectivity index (χ1n) is 5.35. The lowest BCUT2D eigenvalue weighted by atomic mass is 9.78. The summed E-state index contributed by atoms with van der Waals surface area (Å²) in [4.78, 5) is 2.40. The number of hydrogen-bond donors (Lipinski definition) is 0. The third-order valence-corrected chi connectivity index (χ3v) is 2.44. The second kappa shape index (κ2) is 5.58. The van der Waals surface area contributed by atoms with Crippen molar-refractivity contribution in [2.24, 2.45) is 5.41 Å². The molecule has 1 nitrogen and oxygen atoms in total. The van der Waals surface area contributed by atoms with Crippen LogP contribution in [-0.4, -0.2) is 25.0 Å². The zero-order chi connectivity index (χ0) is 9.61. The van der Waals surface area contributed by atoms with Gasteiger partial charge < -0.3 is 4.90 Å². The predicted octanol–water partition coefficient (Wildman–Crippen LogP) is 3.15. The molecule has 0 amide bonds. The van der Waals surface area contributed by atoms with Crippen LogP contribution in [-0.2, 0) is 0 Å². The van der Waals surface area contributed by atoms with Gasteiger partial charge in [0.05, 0.1) is 0 Å². The van der Waals surface area contributed by atoms with Crippen molar-refractivity contribution in [2.45, 2.75) is 47.0 Å². The Balaban J connectivity index is 0.000000561. The van der Waals surface area contributed by atoms with E-state index in [-0.39, 0.29) is 0 Å². The summed E-state index contributed by atoms with van der Waals surface area (Å²) in [7, 11) is 2.20. The first-order chi connectivity index (χ1) is 5.66. The quantitative estimate of drug-likeness (QED) is 0.630. The minimum atomic E-state index is 0.671. The molecule has 0 spiro atoms. The number of rotatable bonds is 3. The molecule has 0 bridgehead atoms. The van der Waals surface area contributed by atoms with Crippen LogP contribution in [0.25, 0.3) is 0 Å². The molecule has 0 unspecified atom stereocenters. The van der Waals surface area contributed by atoms with Crippen LogP contribution in [0.4, 0.5) is 0 Å². The van der Waals surface area contributed by atoms with Crippen molar-refractivity contribution in [2.75, 3.05) is 20.1 Å². The summed E-state index contributed by atoms with van der Waals surface area (Å²) in [6.07, 6.45) is 4.18. The lowest BCUT2D eigenvalue weighted by Gasteiger charge is -2.46. The Morgan fingerprint density at radius 2 is 1.75 bits per heavy atom. The highest BCUT2D eigenvalue weighted by Crippen LogP contribution is 2.33. The summed E-state index contributed by atoms with van der Waals surface area (Å²) in [5, 5.41) is 0. The van der Waals surface area contributed by atoms with Gasteiger partial charge in [-0.3, -0.25) is 0 Å². The van der Waals surface area contributed by atoms with Crippen LogP contribution in [0.15, 0.2) is 0 Å². The van der Waals surface area contributed by atoms with E-state index in [0.29, 0.717) is 5.41 Å². The van der Waals surface area contributed by atoms with Crippen LogP contribution < -0.4 is 0 Å². The fraction of sp³-hybridized carbons (Fsp3) is 1.00.